The topological polar surface area (TPSA) is 91.2 Å². The van der Waals surface area contributed by atoms with Crippen LogP contribution in [0.1, 0.15) is 5.69 Å². The Morgan fingerprint density at radius 3 is 2.77 bits per heavy atom. The van der Waals surface area contributed by atoms with Crippen molar-refractivity contribution < 1.29 is 18.4 Å². The zero-order chi connectivity index (χ0) is 20.3. The highest BCUT2D eigenvalue weighted by Crippen LogP contribution is 2.32. The third-order valence-electron chi connectivity index (χ3n) is 4.41. The molecule has 148 valence electrons. The first-order valence-electron chi connectivity index (χ1n) is 9.18. The van der Waals surface area contributed by atoms with Crippen molar-refractivity contribution in [1.29, 1.82) is 0 Å². The molecule has 0 aliphatic heterocycles. The van der Waals surface area contributed by atoms with Crippen molar-refractivity contribution in [3.63, 3.8) is 0 Å². The molecule has 0 atom stereocenters. The minimum absolute atomic E-state index is 0.0412. The highest BCUT2D eigenvalue weighted by molar-refractivity contribution is 8.00. The van der Waals surface area contributed by atoms with Crippen LogP contribution < -0.4 is 0 Å². The van der Waals surface area contributed by atoms with Crippen LogP contribution in [0.3, 0.4) is 0 Å². The molecule has 0 N–H and O–H groups in total. The fraction of sp³-hybridized carbons (Fsp3) is 0.0909. The molecular formula is C22H15N3O4S. The second-order valence-corrected chi connectivity index (χ2v) is 7.38. The average molecular weight is 417 g/mol. The monoisotopic (exact) mass is 417 g/mol. The van der Waals surface area contributed by atoms with Gasteiger partial charge in [0.2, 0.25) is 5.89 Å². The van der Waals surface area contributed by atoms with Gasteiger partial charge in [0.15, 0.2) is 5.58 Å². The van der Waals surface area contributed by atoms with Gasteiger partial charge in [-0.1, -0.05) is 42.1 Å². The molecule has 3 aromatic heterocycles. The maximum atomic E-state index is 12.2. The first kappa shape index (κ1) is 18.4. The first-order valence-corrected chi connectivity index (χ1v) is 10.2. The van der Waals surface area contributed by atoms with E-state index in [9.17, 15) is 4.79 Å². The minimum atomic E-state index is -0.382. The highest BCUT2D eigenvalue weighted by Gasteiger charge is 2.15. The molecule has 0 unspecified atom stereocenters. The summed E-state index contributed by atoms with van der Waals surface area (Å²) in [4.78, 5) is 25.1. The molecule has 0 radical (unpaired) electrons. The van der Waals surface area contributed by atoms with Crippen molar-refractivity contribution in [3.8, 4) is 11.5 Å². The summed E-state index contributed by atoms with van der Waals surface area (Å²) < 4.78 is 16.6. The lowest BCUT2D eigenvalue weighted by Gasteiger charge is -2.02. The fourth-order valence-electron chi connectivity index (χ4n) is 3.02. The molecule has 0 fully saturated rings. The number of aromatic nitrogens is 3. The van der Waals surface area contributed by atoms with E-state index in [1.54, 1.807) is 0 Å². The highest BCUT2D eigenvalue weighted by atomic mass is 32.2. The number of ether oxygens (including phenoxy) is 1. The van der Waals surface area contributed by atoms with Gasteiger partial charge in [0.1, 0.15) is 41.0 Å². The molecule has 30 heavy (non-hydrogen) atoms. The van der Waals surface area contributed by atoms with Crippen molar-refractivity contribution in [3.05, 3.63) is 72.9 Å². The van der Waals surface area contributed by atoms with Crippen LogP contribution in [0.25, 0.3) is 33.5 Å². The van der Waals surface area contributed by atoms with Crippen LogP contribution in [-0.4, -0.2) is 26.7 Å². The standard InChI is InChI=1S/C22H15N3O4S/c26-18(27-10-15-11-28-21(25-15)14-6-2-1-3-7-14)12-30-22-20-19(23-13-24-22)16-8-4-5-9-17(16)29-20/h1-9,11,13H,10,12H2. The minimum Gasteiger partial charge on any atom is -0.458 e. The second kappa shape index (κ2) is 8.00. The number of para-hydroxylation sites is 1. The van der Waals surface area contributed by atoms with Gasteiger partial charge >= 0.3 is 5.97 Å². The van der Waals surface area contributed by atoms with E-state index in [-0.39, 0.29) is 18.3 Å². The summed E-state index contributed by atoms with van der Waals surface area (Å²) in [6, 6.07) is 17.2. The number of hydrogen-bond acceptors (Lipinski definition) is 8. The Labute approximate surface area is 175 Å². The molecule has 0 amide bonds. The summed E-state index contributed by atoms with van der Waals surface area (Å²) in [7, 11) is 0. The number of nitrogens with zero attached hydrogens (tertiary/aromatic N) is 3. The van der Waals surface area contributed by atoms with Crippen LogP contribution in [0.2, 0.25) is 0 Å². The molecule has 0 aliphatic rings. The van der Waals surface area contributed by atoms with Gasteiger partial charge in [-0.25, -0.2) is 15.0 Å². The smallest absolute Gasteiger partial charge is 0.316 e. The van der Waals surface area contributed by atoms with Crippen LogP contribution in [0.5, 0.6) is 0 Å². The normalized spacial score (nSPS) is 11.2. The summed E-state index contributed by atoms with van der Waals surface area (Å²) in [5.41, 5.74) is 3.45. The number of esters is 1. The number of hydrogen-bond donors (Lipinski definition) is 0. The Balaban J connectivity index is 1.22. The van der Waals surface area contributed by atoms with Crippen molar-refractivity contribution in [2.75, 3.05) is 5.75 Å². The summed E-state index contributed by atoms with van der Waals surface area (Å²) in [5.74, 6) is 0.198. The molecule has 8 heteroatoms. The lowest BCUT2D eigenvalue weighted by molar-refractivity contribution is -0.141. The van der Waals surface area contributed by atoms with E-state index >= 15 is 0 Å². The summed E-state index contributed by atoms with van der Waals surface area (Å²) in [6.45, 7) is 0.0412. The molecule has 0 spiro atoms. The lowest BCUT2D eigenvalue weighted by atomic mass is 10.2. The Bertz CT molecular complexity index is 1330. The molecule has 5 aromatic rings. The number of rotatable bonds is 6. The Morgan fingerprint density at radius 1 is 1.03 bits per heavy atom. The van der Waals surface area contributed by atoms with E-state index in [4.69, 9.17) is 13.6 Å². The molecule has 0 aliphatic carbocycles. The van der Waals surface area contributed by atoms with Crippen molar-refractivity contribution in [1.82, 2.24) is 15.0 Å². The Morgan fingerprint density at radius 2 is 1.87 bits per heavy atom. The van der Waals surface area contributed by atoms with Crippen LogP contribution >= 0.6 is 11.8 Å². The van der Waals surface area contributed by atoms with Crippen LogP contribution in [-0.2, 0) is 16.1 Å². The van der Waals surface area contributed by atoms with Gasteiger partial charge < -0.3 is 13.6 Å². The van der Waals surface area contributed by atoms with Gasteiger partial charge in [-0.3, -0.25) is 4.79 Å². The number of carbonyl (C=O) groups is 1. The van der Waals surface area contributed by atoms with Gasteiger partial charge in [-0.05, 0) is 24.3 Å². The Hall–Kier alpha value is -3.65. The van der Waals surface area contributed by atoms with Crippen molar-refractivity contribution in [2.24, 2.45) is 0 Å². The quantitative estimate of drug-likeness (QED) is 0.220. The summed E-state index contributed by atoms with van der Waals surface area (Å²) in [6.07, 6.45) is 2.96. The number of fused-ring (bicyclic) bond motifs is 3. The van der Waals surface area contributed by atoms with Crippen molar-refractivity contribution >= 4 is 39.8 Å². The SMILES string of the molecule is O=C(CSc1ncnc2c1oc1ccccc12)OCc1coc(-c2ccccc2)n1. The maximum Gasteiger partial charge on any atom is 0.316 e. The van der Waals surface area contributed by atoms with Crippen LogP contribution in [0.15, 0.2) is 81.0 Å². The second-order valence-electron chi connectivity index (χ2n) is 6.41. The molecule has 7 nitrogen and oxygen atoms in total. The van der Waals surface area contributed by atoms with E-state index < -0.39 is 0 Å². The lowest BCUT2D eigenvalue weighted by Crippen LogP contribution is -2.07. The molecule has 5 rings (SSSR count). The number of oxazole rings is 1. The number of benzene rings is 2. The van der Waals surface area contributed by atoms with E-state index in [2.05, 4.69) is 15.0 Å². The molecule has 0 bridgehead atoms. The van der Waals surface area contributed by atoms with Crippen molar-refractivity contribution in [2.45, 2.75) is 11.6 Å². The maximum absolute atomic E-state index is 12.2. The van der Waals surface area contributed by atoms with Gasteiger partial charge in [-0.15, -0.1) is 0 Å². The first-order chi connectivity index (χ1) is 14.8. The summed E-state index contributed by atoms with van der Waals surface area (Å²) in [5, 5.41) is 1.51. The van der Waals surface area contributed by atoms with Gasteiger partial charge in [-0.2, -0.15) is 0 Å². The predicted molar refractivity (Wildman–Crippen MR) is 112 cm³/mol. The van der Waals surface area contributed by atoms with E-state index in [0.717, 1.165) is 22.0 Å². The Kier molecular flexibility index (Phi) is 4.90. The fourth-order valence-corrected chi connectivity index (χ4v) is 3.74. The molecule has 0 saturated carbocycles. The molecule has 0 saturated heterocycles. The van der Waals surface area contributed by atoms with Gasteiger partial charge in [0.05, 0.1) is 5.75 Å². The molecule has 3 heterocycles. The number of furan rings is 1. The third kappa shape index (κ3) is 3.65. The van der Waals surface area contributed by atoms with Crippen LogP contribution in [0.4, 0.5) is 0 Å². The van der Waals surface area contributed by atoms with E-state index in [1.807, 2.05) is 54.6 Å². The molecule has 2 aromatic carbocycles. The van der Waals surface area contributed by atoms with E-state index in [1.165, 1.54) is 24.4 Å². The van der Waals surface area contributed by atoms with Gasteiger partial charge in [0.25, 0.3) is 0 Å². The zero-order valence-electron chi connectivity index (χ0n) is 15.6. The zero-order valence-corrected chi connectivity index (χ0v) is 16.5. The predicted octanol–water partition coefficient (Wildman–Crippen LogP) is 4.87. The van der Waals surface area contributed by atoms with Crippen LogP contribution in [0, 0.1) is 0 Å². The van der Waals surface area contributed by atoms with E-state index in [0.29, 0.717) is 22.2 Å². The largest absolute Gasteiger partial charge is 0.458 e. The third-order valence-corrected chi connectivity index (χ3v) is 5.35. The van der Waals surface area contributed by atoms with Gasteiger partial charge in [0, 0.05) is 10.9 Å². The average Bonchev–Trinajstić information content (AvgIpc) is 3.42. The number of carbonyl (C=O) groups excluding carboxylic acids is 1. The molecular weight excluding hydrogens is 402 g/mol. The number of thioether (sulfide) groups is 1. The summed E-state index contributed by atoms with van der Waals surface area (Å²) >= 11 is 1.25.